The molecule has 0 saturated carbocycles. The Bertz CT molecular complexity index is 345. The van der Waals surface area contributed by atoms with Crippen LogP contribution in [-0.2, 0) is 0 Å². The van der Waals surface area contributed by atoms with Crippen molar-refractivity contribution in [1.29, 1.82) is 0 Å². The molecule has 0 aliphatic rings. The zero-order chi connectivity index (χ0) is 8.27. The van der Waals surface area contributed by atoms with Crippen LogP contribution in [0.2, 0.25) is 0 Å². The average Bonchev–Trinajstić information content (AvgIpc) is 2.04. The Morgan fingerprint density at radius 1 is 1.18 bits per heavy atom. The van der Waals surface area contributed by atoms with Gasteiger partial charge < -0.3 is 0 Å². The minimum atomic E-state index is 0.876. The molecule has 1 aromatic rings. The molecule has 1 aromatic carbocycles. The van der Waals surface area contributed by atoms with E-state index < -0.39 is 0 Å². The standard InChI is InChI=1S/C11H8/c1-4-10-6-7-11(5-2)9(3)8-10/h1-2,6-8H,3H3. The van der Waals surface area contributed by atoms with Gasteiger partial charge >= 0.3 is 0 Å². The number of rotatable bonds is 0. The number of aryl methyl sites for hydroxylation is 1. The second-order valence-electron chi connectivity index (χ2n) is 2.32. The van der Waals surface area contributed by atoms with Crippen molar-refractivity contribution in [3.05, 3.63) is 34.9 Å². The fourth-order valence-electron chi connectivity index (χ4n) is 0.915. The fourth-order valence-corrected chi connectivity index (χ4v) is 0.915. The van der Waals surface area contributed by atoms with Crippen LogP contribution >= 0.6 is 0 Å². The molecule has 0 N–H and O–H groups in total. The van der Waals surface area contributed by atoms with Gasteiger partial charge in [-0.25, -0.2) is 0 Å². The largest absolute Gasteiger partial charge is 0.115 e. The van der Waals surface area contributed by atoms with Gasteiger partial charge in [0.2, 0.25) is 0 Å². The summed E-state index contributed by atoms with van der Waals surface area (Å²) in [5.41, 5.74) is 2.84. The minimum absolute atomic E-state index is 0.876. The van der Waals surface area contributed by atoms with E-state index in [9.17, 15) is 0 Å². The van der Waals surface area contributed by atoms with Gasteiger partial charge in [0.25, 0.3) is 0 Å². The molecule has 0 heteroatoms. The van der Waals surface area contributed by atoms with Crippen molar-refractivity contribution < 1.29 is 0 Å². The molecule has 0 bridgehead atoms. The highest BCUT2D eigenvalue weighted by Crippen LogP contribution is 2.08. The molecule has 0 unspecified atom stereocenters. The molecule has 52 valence electrons. The predicted molar refractivity (Wildman–Crippen MR) is 47.0 cm³/mol. The van der Waals surface area contributed by atoms with Crippen LogP contribution in [0.5, 0.6) is 0 Å². The van der Waals surface area contributed by atoms with Crippen LogP contribution < -0.4 is 0 Å². The molecule has 0 aromatic heterocycles. The molecule has 0 nitrogen and oxygen atoms in total. The van der Waals surface area contributed by atoms with Crippen molar-refractivity contribution in [2.75, 3.05) is 0 Å². The molecular weight excluding hydrogens is 132 g/mol. The first-order chi connectivity index (χ1) is 5.27. The highest BCUT2D eigenvalue weighted by molar-refractivity contribution is 5.45. The van der Waals surface area contributed by atoms with Crippen LogP contribution in [0.25, 0.3) is 0 Å². The summed E-state index contributed by atoms with van der Waals surface area (Å²) in [6.07, 6.45) is 10.4. The normalized spacial score (nSPS) is 8.27. The number of benzene rings is 1. The first kappa shape index (κ1) is 7.45. The third-order valence-corrected chi connectivity index (χ3v) is 1.55. The van der Waals surface area contributed by atoms with Crippen LogP contribution in [0.1, 0.15) is 16.7 Å². The van der Waals surface area contributed by atoms with Gasteiger partial charge in [0, 0.05) is 11.1 Å². The quantitative estimate of drug-likeness (QED) is 0.483. The van der Waals surface area contributed by atoms with Crippen LogP contribution in [0.3, 0.4) is 0 Å². The van der Waals surface area contributed by atoms with Gasteiger partial charge in [0.15, 0.2) is 0 Å². The summed E-state index contributed by atoms with van der Waals surface area (Å²) in [6, 6.07) is 5.63. The Kier molecular flexibility index (Phi) is 2.00. The van der Waals surface area contributed by atoms with Crippen molar-refractivity contribution in [2.45, 2.75) is 6.92 Å². The summed E-state index contributed by atoms with van der Waals surface area (Å²) >= 11 is 0. The predicted octanol–water partition coefficient (Wildman–Crippen LogP) is 1.96. The molecule has 0 amide bonds. The van der Waals surface area contributed by atoms with Gasteiger partial charge in [-0.1, -0.05) is 11.8 Å². The maximum atomic E-state index is 5.24. The lowest BCUT2D eigenvalue weighted by Gasteiger charge is -1.97. The Morgan fingerprint density at radius 2 is 1.91 bits per heavy atom. The molecule has 0 saturated heterocycles. The van der Waals surface area contributed by atoms with E-state index in [0.29, 0.717) is 0 Å². The van der Waals surface area contributed by atoms with Crippen LogP contribution in [0.15, 0.2) is 18.2 Å². The van der Waals surface area contributed by atoms with E-state index in [1.807, 2.05) is 25.1 Å². The third kappa shape index (κ3) is 1.42. The smallest absolute Gasteiger partial charge is 0.0272 e. The van der Waals surface area contributed by atoms with Gasteiger partial charge in [0.1, 0.15) is 0 Å². The summed E-state index contributed by atoms with van der Waals surface area (Å²) in [4.78, 5) is 0. The fraction of sp³-hybridized carbons (Fsp3) is 0.0909. The van der Waals surface area contributed by atoms with Crippen molar-refractivity contribution in [3.63, 3.8) is 0 Å². The first-order valence-corrected chi connectivity index (χ1v) is 3.32. The molecule has 11 heavy (non-hydrogen) atoms. The number of hydrogen-bond acceptors (Lipinski definition) is 0. The lowest BCUT2D eigenvalue weighted by atomic mass is 10.1. The summed E-state index contributed by atoms with van der Waals surface area (Å²) in [7, 11) is 0. The maximum Gasteiger partial charge on any atom is 0.0272 e. The lowest BCUT2D eigenvalue weighted by molar-refractivity contribution is 1.42. The molecule has 0 aliphatic heterocycles. The van der Waals surface area contributed by atoms with E-state index in [1.165, 1.54) is 0 Å². The Hall–Kier alpha value is -1.66. The van der Waals surface area contributed by atoms with Gasteiger partial charge in [-0.15, -0.1) is 12.8 Å². The first-order valence-electron chi connectivity index (χ1n) is 3.32. The molecule has 0 heterocycles. The molecular formula is C11H8. The molecule has 0 fully saturated rings. The number of terminal acetylenes is 2. The summed E-state index contributed by atoms with van der Waals surface area (Å²) in [5.74, 6) is 5.13. The van der Waals surface area contributed by atoms with E-state index in [0.717, 1.165) is 16.7 Å². The highest BCUT2D eigenvalue weighted by atomic mass is 14.0. The van der Waals surface area contributed by atoms with Gasteiger partial charge in [-0.05, 0) is 30.7 Å². The zero-order valence-electron chi connectivity index (χ0n) is 6.39. The zero-order valence-corrected chi connectivity index (χ0v) is 6.39. The Labute approximate surface area is 67.3 Å². The average molecular weight is 140 g/mol. The SMILES string of the molecule is C#Cc1ccc(C#C)c(C)c1. The van der Waals surface area contributed by atoms with E-state index >= 15 is 0 Å². The molecule has 0 aliphatic carbocycles. The van der Waals surface area contributed by atoms with Gasteiger partial charge in [0.05, 0.1) is 0 Å². The van der Waals surface area contributed by atoms with Crippen molar-refractivity contribution >= 4 is 0 Å². The summed E-state index contributed by atoms with van der Waals surface area (Å²) in [6.45, 7) is 1.95. The van der Waals surface area contributed by atoms with Crippen LogP contribution in [0.4, 0.5) is 0 Å². The Morgan fingerprint density at radius 3 is 2.36 bits per heavy atom. The van der Waals surface area contributed by atoms with Crippen molar-refractivity contribution in [2.24, 2.45) is 0 Å². The van der Waals surface area contributed by atoms with Crippen LogP contribution in [-0.4, -0.2) is 0 Å². The van der Waals surface area contributed by atoms with Gasteiger partial charge in [-0.2, -0.15) is 0 Å². The Balaban J connectivity index is 3.25. The lowest BCUT2D eigenvalue weighted by Crippen LogP contribution is -1.82. The monoisotopic (exact) mass is 140 g/mol. The van der Waals surface area contributed by atoms with E-state index in [4.69, 9.17) is 12.8 Å². The molecule has 0 spiro atoms. The summed E-state index contributed by atoms with van der Waals surface area (Å²) < 4.78 is 0. The van der Waals surface area contributed by atoms with Crippen molar-refractivity contribution in [1.82, 2.24) is 0 Å². The van der Waals surface area contributed by atoms with Gasteiger partial charge in [-0.3, -0.25) is 0 Å². The second kappa shape index (κ2) is 2.95. The second-order valence-corrected chi connectivity index (χ2v) is 2.32. The van der Waals surface area contributed by atoms with E-state index in [-0.39, 0.29) is 0 Å². The molecule has 0 radical (unpaired) electrons. The van der Waals surface area contributed by atoms with Crippen LogP contribution in [0, 0.1) is 31.6 Å². The highest BCUT2D eigenvalue weighted by Gasteiger charge is 1.93. The minimum Gasteiger partial charge on any atom is -0.115 e. The number of hydrogen-bond donors (Lipinski definition) is 0. The summed E-state index contributed by atoms with van der Waals surface area (Å²) in [5, 5.41) is 0. The topological polar surface area (TPSA) is 0 Å². The molecule has 0 atom stereocenters. The third-order valence-electron chi connectivity index (χ3n) is 1.55. The van der Waals surface area contributed by atoms with Crippen molar-refractivity contribution in [3.8, 4) is 24.7 Å². The molecule has 1 rings (SSSR count). The van der Waals surface area contributed by atoms with E-state index in [2.05, 4.69) is 11.8 Å². The van der Waals surface area contributed by atoms with E-state index in [1.54, 1.807) is 0 Å². The maximum absolute atomic E-state index is 5.24.